The number of aromatic nitrogens is 2. The van der Waals surface area contributed by atoms with Crippen LogP contribution in [0.4, 0.5) is 17.5 Å². The lowest BCUT2D eigenvalue weighted by Gasteiger charge is -2.33. The Labute approximate surface area is 122 Å². The van der Waals surface area contributed by atoms with E-state index >= 15 is 0 Å². The monoisotopic (exact) mass is 296 g/mol. The van der Waals surface area contributed by atoms with Crippen molar-refractivity contribution in [2.24, 2.45) is 11.8 Å². The van der Waals surface area contributed by atoms with Crippen LogP contribution in [0.15, 0.2) is 0 Å². The smallest absolute Gasteiger partial charge is 0.332 e. The lowest BCUT2D eigenvalue weighted by molar-refractivity contribution is -0.385. The number of hydrazine groups is 1. The Bertz CT molecular complexity index is 522. The third-order valence-corrected chi connectivity index (χ3v) is 3.71. The first-order valence-electron chi connectivity index (χ1n) is 6.92. The highest BCUT2D eigenvalue weighted by Crippen LogP contribution is 2.33. The van der Waals surface area contributed by atoms with Crippen molar-refractivity contribution in [3.8, 4) is 0 Å². The number of aliphatic hydroxyl groups excluding tert-OH is 1. The highest BCUT2D eigenvalue weighted by atomic mass is 16.6. The van der Waals surface area contributed by atoms with Gasteiger partial charge in [0, 0.05) is 19.7 Å². The second kappa shape index (κ2) is 6.64. The third-order valence-electron chi connectivity index (χ3n) is 3.71. The summed E-state index contributed by atoms with van der Waals surface area (Å²) in [6.07, 6.45) is 2.61. The molecule has 1 aromatic rings. The van der Waals surface area contributed by atoms with Crippen molar-refractivity contribution >= 4 is 17.5 Å². The average molecular weight is 296 g/mol. The minimum Gasteiger partial charge on any atom is -0.396 e. The van der Waals surface area contributed by atoms with Gasteiger partial charge in [-0.2, -0.15) is 4.98 Å². The van der Waals surface area contributed by atoms with Gasteiger partial charge in [-0.1, -0.05) is 0 Å². The summed E-state index contributed by atoms with van der Waals surface area (Å²) in [5, 5.41) is 20.4. The maximum atomic E-state index is 11.3. The number of hydrogen-bond donors (Lipinski definition) is 3. The molecule has 2 heterocycles. The zero-order valence-corrected chi connectivity index (χ0v) is 11.9. The maximum Gasteiger partial charge on any atom is 0.332 e. The highest BCUT2D eigenvalue weighted by molar-refractivity contribution is 5.62. The summed E-state index contributed by atoms with van der Waals surface area (Å²) < 4.78 is 0. The number of anilines is 2. The third kappa shape index (κ3) is 3.37. The molecule has 1 atom stereocenters. The Hall–Kier alpha value is -2.00. The molecule has 1 fully saturated rings. The summed E-state index contributed by atoms with van der Waals surface area (Å²) in [5.74, 6) is 6.09. The standard InChI is InChI=1S/C12H20N6O3/c1-8-10(18(20)21)11(15-12(14-8)16-13)17-5-2-3-9(7-17)4-6-19/h9,19H,2-7,13H2,1H3,(H,14,15,16). The fourth-order valence-corrected chi connectivity index (χ4v) is 2.73. The molecular formula is C12H20N6O3. The van der Waals surface area contributed by atoms with Crippen molar-refractivity contribution in [1.82, 2.24) is 9.97 Å². The van der Waals surface area contributed by atoms with Gasteiger partial charge in [0.15, 0.2) is 0 Å². The van der Waals surface area contributed by atoms with Crippen molar-refractivity contribution in [3.63, 3.8) is 0 Å². The van der Waals surface area contributed by atoms with Crippen molar-refractivity contribution in [2.75, 3.05) is 30.0 Å². The van der Waals surface area contributed by atoms with Crippen LogP contribution in [-0.2, 0) is 0 Å². The molecule has 0 bridgehead atoms. The van der Waals surface area contributed by atoms with Gasteiger partial charge in [-0.3, -0.25) is 15.5 Å². The topological polar surface area (TPSA) is 130 Å². The highest BCUT2D eigenvalue weighted by Gasteiger charge is 2.29. The quantitative estimate of drug-likeness (QED) is 0.408. The summed E-state index contributed by atoms with van der Waals surface area (Å²) in [7, 11) is 0. The number of nitrogens with zero attached hydrogens (tertiary/aromatic N) is 4. The molecule has 2 rings (SSSR count). The van der Waals surface area contributed by atoms with Gasteiger partial charge < -0.3 is 10.0 Å². The van der Waals surface area contributed by atoms with Gasteiger partial charge in [-0.25, -0.2) is 10.8 Å². The molecule has 0 aliphatic carbocycles. The molecule has 1 unspecified atom stereocenters. The largest absolute Gasteiger partial charge is 0.396 e. The summed E-state index contributed by atoms with van der Waals surface area (Å²) in [5.41, 5.74) is 2.53. The van der Waals surface area contributed by atoms with E-state index in [1.807, 2.05) is 4.90 Å². The number of piperidine rings is 1. The van der Waals surface area contributed by atoms with Crippen LogP contribution in [0.5, 0.6) is 0 Å². The minimum absolute atomic E-state index is 0.0846. The van der Waals surface area contributed by atoms with Gasteiger partial charge in [0.25, 0.3) is 0 Å². The first kappa shape index (κ1) is 15.4. The lowest BCUT2D eigenvalue weighted by atomic mass is 9.95. The molecule has 21 heavy (non-hydrogen) atoms. The number of rotatable bonds is 5. The first-order valence-corrected chi connectivity index (χ1v) is 6.92. The van der Waals surface area contributed by atoms with E-state index in [9.17, 15) is 10.1 Å². The van der Waals surface area contributed by atoms with Gasteiger partial charge in [0.1, 0.15) is 5.69 Å². The zero-order valence-electron chi connectivity index (χ0n) is 11.9. The molecule has 0 spiro atoms. The van der Waals surface area contributed by atoms with Crippen LogP contribution in [0.25, 0.3) is 0 Å². The van der Waals surface area contributed by atoms with Crippen LogP contribution in [0, 0.1) is 23.0 Å². The molecular weight excluding hydrogens is 276 g/mol. The van der Waals surface area contributed by atoms with E-state index in [1.165, 1.54) is 0 Å². The molecule has 116 valence electrons. The van der Waals surface area contributed by atoms with Crippen molar-refractivity contribution in [3.05, 3.63) is 15.8 Å². The van der Waals surface area contributed by atoms with E-state index in [0.29, 0.717) is 31.2 Å². The Morgan fingerprint density at radius 3 is 2.95 bits per heavy atom. The number of nitro groups is 1. The Kier molecular flexibility index (Phi) is 4.86. The average Bonchev–Trinajstić information content (AvgIpc) is 2.46. The summed E-state index contributed by atoms with van der Waals surface area (Å²) >= 11 is 0. The molecule has 0 amide bonds. The molecule has 1 aliphatic rings. The minimum atomic E-state index is -0.458. The fraction of sp³-hybridized carbons (Fsp3) is 0.667. The van der Waals surface area contributed by atoms with Crippen LogP contribution in [-0.4, -0.2) is 39.7 Å². The van der Waals surface area contributed by atoms with Gasteiger partial charge in [-0.15, -0.1) is 0 Å². The predicted octanol–water partition coefficient (Wildman–Crippen LogP) is 0.578. The van der Waals surface area contributed by atoms with Crippen LogP contribution < -0.4 is 16.2 Å². The van der Waals surface area contributed by atoms with E-state index in [-0.39, 0.29) is 23.9 Å². The number of nitrogens with two attached hydrogens (primary N) is 1. The van der Waals surface area contributed by atoms with Crippen LogP contribution in [0.1, 0.15) is 25.0 Å². The Morgan fingerprint density at radius 1 is 1.57 bits per heavy atom. The van der Waals surface area contributed by atoms with Crippen LogP contribution >= 0.6 is 0 Å². The van der Waals surface area contributed by atoms with E-state index in [4.69, 9.17) is 10.9 Å². The Morgan fingerprint density at radius 2 is 2.33 bits per heavy atom. The second-order valence-electron chi connectivity index (χ2n) is 5.17. The fourth-order valence-electron chi connectivity index (χ4n) is 2.73. The second-order valence-corrected chi connectivity index (χ2v) is 5.17. The molecule has 1 saturated heterocycles. The Balaban J connectivity index is 2.36. The van der Waals surface area contributed by atoms with Gasteiger partial charge >= 0.3 is 5.69 Å². The van der Waals surface area contributed by atoms with Crippen molar-refractivity contribution in [1.29, 1.82) is 0 Å². The molecule has 1 aliphatic heterocycles. The molecule has 1 aromatic heterocycles. The molecule has 0 aromatic carbocycles. The molecule has 0 saturated carbocycles. The molecule has 4 N–H and O–H groups in total. The lowest BCUT2D eigenvalue weighted by Crippen LogP contribution is -2.37. The molecule has 0 radical (unpaired) electrons. The number of nitrogen functional groups attached to an aromatic ring is 1. The SMILES string of the molecule is Cc1nc(NN)nc(N2CCCC(CCO)C2)c1[N+](=O)[O-]. The predicted molar refractivity (Wildman–Crippen MR) is 77.9 cm³/mol. The molecule has 9 heteroatoms. The van der Waals surface area contributed by atoms with Crippen LogP contribution in [0.2, 0.25) is 0 Å². The van der Waals surface area contributed by atoms with E-state index < -0.39 is 4.92 Å². The van der Waals surface area contributed by atoms with Gasteiger partial charge in [-0.05, 0) is 32.1 Å². The maximum absolute atomic E-state index is 11.3. The number of hydrogen-bond acceptors (Lipinski definition) is 8. The van der Waals surface area contributed by atoms with Crippen LogP contribution in [0.3, 0.4) is 0 Å². The van der Waals surface area contributed by atoms with E-state index in [1.54, 1.807) is 6.92 Å². The van der Waals surface area contributed by atoms with E-state index in [0.717, 1.165) is 12.8 Å². The number of nitrogens with one attached hydrogen (secondary N) is 1. The van der Waals surface area contributed by atoms with Gasteiger partial charge in [0.05, 0.1) is 4.92 Å². The molecule has 9 nitrogen and oxygen atoms in total. The zero-order chi connectivity index (χ0) is 15.4. The summed E-state index contributed by atoms with van der Waals surface area (Å²) in [4.78, 5) is 20.9. The number of aryl methyl sites for hydroxylation is 1. The van der Waals surface area contributed by atoms with Crippen molar-refractivity contribution < 1.29 is 10.0 Å². The summed E-state index contributed by atoms with van der Waals surface area (Å²) in [6.45, 7) is 3.03. The first-order chi connectivity index (χ1) is 10.1. The normalized spacial score (nSPS) is 18.6. The van der Waals surface area contributed by atoms with Gasteiger partial charge in [0.2, 0.25) is 11.8 Å². The van der Waals surface area contributed by atoms with E-state index in [2.05, 4.69) is 15.4 Å². The summed E-state index contributed by atoms with van der Waals surface area (Å²) in [6, 6.07) is 0. The number of aliphatic hydroxyl groups is 1. The van der Waals surface area contributed by atoms with Crippen molar-refractivity contribution in [2.45, 2.75) is 26.2 Å².